The van der Waals surface area contributed by atoms with Gasteiger partial charge in [-0.05, 0) is 31.9 Å². The maximum absolute atomic E-state index is 13.1. The molecule has 2 rings (SSSR count). The first-order chi connectivity index (χ1) is 9.93. The van der Waals surface area contributed by atoms with Crippen molar-refractivity contribution in [3.63, 3.8) is 0 Å². The molecule has 1 N–H and O–H groups in total. The normalized spacial score (nSPS) is 18.2. The zero-order chi connectivity index (χ0) is 15.5. The molecule has 4 nitrogen and oxygen atoms in total. The lowest BCUT2D eigenvalue weighted by molar-refractivity contribution is -0.0584. The highest BCUT2D eigenvalue weighted by Crippen LogP contribution is 2.36. The van der Waals surface area contributed by atoms with Crippen molar-refractivity contribution in [2.45, 2.75) is 44.6 Å². The summed E-state index contributed by atoms with van der Waals surface area (Å²) in [6, 6.07) is 4.71. The fourth-order valence-corrected chi connectivity index (χ4v) is 2.41. The summed E-state index contributed by atoms with van der Waals surface area (Å²) in [7, 11) is 0. The van der Waals surface area contributed by atoms with Crippen LogP contribution in [0.2, 0.25) is 0 Å². The molecule has 1 aliphatic carbocycles. The van der Waals surface area contributed by atoms with Gasteiger partial charge in [0, 0.05) is 12.8 Å². The van der Waals surface area contributed by atoms with E-state index in [0.717, 1.165) is 0 Å². The first-order valence-electron chi connectivity index (χ1n) is 6.96. The van der Waals surface area contributed by atoms with Crippen molar-refractivity contribution in [1.82, 2.24) is 0 Å². The molecule has 1 aromatic rings. The molecule has 0 bridgehead atoms. The molecule has 1 saturated carbocycles. The van der Waals surface area contributed by atoms with Crippen molar-refractivity contribution in [2.24, 2.45) is 0 Å². The van der Waals surface area contributed by atoms with Gasteiger partial charge in [-0.25, -0.2) is 13.6 Å². The predicted octanol–water partition coefficient (Wildman–Crippen LogP) is 3.74. The summed E-state index contributed by atoms with van der Waals surface area (Å²) in [5.74, 6) is -3.40. The molecule has 0 heterocycles. The van der Waals surface area contributed by atoms with Gasteiger partial charge in [-0.1, -0.05) is 6.07 Å². The summed E-state index contributed by atoms with van der Waals surface area (Å²) in [6.45, 7) is 2.09. The summed E-state index contributed by atoms with van der Waals surface area (Å²) < 4.78 is 37.2. The van der Waals surface area contributed by atoms with Gasteiger partial charge in [-0.3, -0.25) is 0 Å². The monoisotopic (exact) mass is 300 g/mol. The first-order valence-corrected chi connectivity index (χ1v) is 6.96. The van der Waals surface area contributed by atoms with Gasteiger partial charge in [-0.2, -0.15) is 0 Å². The van der Waals surface area contributed by atoms with Crippen molar-refractivity contribution >= 4 is 5.97 Å². The van der Waals surface area contributed by atoms with Crippen LogP contribution in [0.3, 0.4) is 0 Å². The molecule has 0 amide bonds. The second-order valence-electron chi connectivity index (χ2n) is 5.04. The summed E-state index contributed by atoms with van der Waals surface area (Å²) >= 11 is 0. The van der Waals surface area contributed by atoms with Gasteiger partial charge in [0.25, 0.3) is 0 Å². The van der Waals surface area contributed by atoms with Crippen LogP contribution in [-0.4, -0.2) is 29.7 Å². The zero-order valence-electron chi connectivity index (χ0n) is 11.8. The number of ether oxygens (including phenoxy) is 2. The van der Waals surface area contributed by atoms with Crippen LogP contribution in [0.5, 0.6) is 11.5 Å². The molecule has 0 spiro atoms. The zero-order valence-corrected chi connectivity index (χ0v) is 11.8. The highest BCUT2D eigenvalue weighted by atomic mass is 19.3. The molecule has 1 aromatic carbocycles. The topological polar surface area (TPSA) is 55.8 Å². The number of carboxylic acids is 1. The summed E-state index contributed by atoms with van der Waals surface area (Å²) in [4.78, 5) is 11.4. The lowest BCUT2D eigenvalue weighted by Gasteiger charge is -2.29. The van der Waals surface area contributed by atoms with Crippen LogP contribution >= 0.6 is 0 Å². The summed E-state index contributed by atoms with van der Waals surface area (Å²) in [6.07, 6.45) is -0.425. The van der Waals surface area contributed by atoms with Crippen molar-refractivity contribution in [3.8, 4) is 11.5 Å². The molecule has 0 aromatic heterocycles. The van der Waals surface area contributed by atoms with Gasteiger partial charge in [-0.15, -0.1) is 0 Å². The van der Waals surface area contributed by atoms with Crippen LogP contribution < -0.4 is 9.47 Å². The van der Waals surface area contributed by atoms with E-state index in [9.17, 15) is 18.7 Å². The highest BCUT2D eigenvalue weighted by Gasteiger charge is 2.36. The Morgan fingerprint density at radius 2 is 1.95 bits per heavy atom. The molecule has 116 valence electrons. The minimum Gasteiger partial charge on any atom is -0.493 e. The van der Waals surface area contributed by atoms with Crippen LogP contribution in [0.15, 0.2) is 18.2 Å². The average Bonchev–Trinajstić information content (AvgIpc) is 2.41. The Balaban J connectivity index is 2.16. The Morgan fingerprint density at radius 3 is 2.52 bits per heavy atom. The van der Waals surface area contributed by atoms with Crippen LogP contribution in [0.1, 0.15) is 43.0 Å². The quantitative estimate of drug-likeness (QED) is 0.900. The van der Waals surface area contributed by atoms with E-state index in [-0.39, 0.29) is 48.8 Å². The van der Waals surface area contributed by atoms with Gasteiger partial charge in [0.05, 0.1) is 12.7 Å². The lowest BCUT2D eigenvalue weighted by atomic mass is 9.94. The molecule has 1 aliphatic rings. The maximum Gasteiger partial charge on any atom is 0.343 e. The van der Waals surface area contributed by atoms with E-state index >= 15 is 0 Å². The van der Waals surface area contributed by atoms with E-state index < -0.39 is 11.9 Å². The lowest BCUT2D eigenvalue weighted by Crippen LogP contribution is -2.31. The summed E-state index contributed by atoms with van der Waals surface area (Å²) in [5.41, 5.74) is -0.0586. The number of alkyl halides is 2. The first kappa shape index (κ1) is 15.5. The smallest absolute Gasteiger partial charge is 0.343 e. The van der Waals surface area contributed by atoms with Crippen LogP contribution in [0.4, 0.5) is 8.78 Å². The third-order valence-electron chi connectivity index (χ3n) is 3.46. The minimum atomic E-state index is -2.64. The molecule has 0 saturated heterocycles. The fraction of sp³-hybridized carbons (Fsp3) is 0.533. The number of hydrogen-bond acceptors (Lipinski definition) is 3. The maximum atomic E-state index is 13.1. The molecule has 1 fully saturated rings. The molecule has 0 aliphatic heterocycles. The third kappa shape index (κ3) is 3.83. The SMILES string of the molecule is CCOc1cccc(OC2CCC(F)(F)CC2)c1C(=O)O. The largest absolute Gasteiger partial charge is 0.493 e. The van der Waals surface area contributed by atoms with E-state index in [2.05, 4.69) is 0 Å². The number of halogens is 2. The van der Waals surface area contributed by atoms with Crippen LogP contribution in [-0.2, 0) is 0 Å². The fourth-order valence-electron chi connectivity index (χ4n) is 2.41. The molecule has 0 atom stereocenters. The molecule has 0 unspecified atom stereocenters. The number of carbonyl (C=O) groups is 1. The average molecular weight is 300 g/mol. The van der Waals surface area contributed by atoms with Gasteiger partial charge < -0.3 is 14.6 Å². The van der Waals surface area contributed by atoms with E-state index in [1.807, 2.05) is 0 Å². The summed E-state index contributed by atoms with van der Waals surface area (Å²) in [5, 5.41) is 9.31. The number of hydrogen-bond donors (Lipinski definition) is 1. The predicted molar refractivity (Wildman–Crippen MR) is 72.4 cm³/mol. The van der Waals surface area contributed by atoms with Gasteiger partial charge in [0.1, 0.15) is 17.1 Å². The molecule has 0 radical (unpaired) electrons. The number of rotatable bonds is 5. The van der Waals surface area contributed by atoms with Crippen molar-refractivity contribution < 1.29 is 28.2 Å². The van der Waals surface area contributed by atoms with Crippen LogP contribution in [0, 0.1) is 0 Å². The highest BCUT2D eigenvalue weighted by molar-refractivity contribution is 5.94. The minimum absolute atomic E-state index is 0.0586. The number of aromatic carboxylic acids is 1. The van der Waals surface area contributed by atoms with E-state index in [1.54, 1.807) is 19.1 Å². The Kier molecular flexibility index (Phi) is 4.65. The number of carboxylic acid groups (broad SMARTS) is 1. The molecule has 6 heteroatoms. The van der Waals surface area contributed by atoms with Crippen molar-refractivity contribution in [2.75, 3.05) is 6.61 Å². The Bertz CT molecular complexity index is 506. The molecule has 21 heavy (non-hydrogen) atoms. The van der Waals surface area contributed by atoms with Crippen molar-refractivity contribution in [3.05, 3.63) is 23.8 Å². The van der Waals surface area contributed by atoms with E-state index in [1.165, 1.54) is 6.07 Å². The standard InChI is InChI=1S/C15H18F2O4/c1-2-20-11-4-3-5-12(13(11)14(18)19)21-10-6-8-15(16,17)9-7-10/h3-5,10H,2,6-9H2,1H3,(H,18,19). The van der Waals surface area contributed by atoms with Gasteiger partial charge in [0.15, 0.2) is 0 Å². The van der Waals surface area contributed by atoms with E-state index in [4.69, 9.17) is 9.47 Å². The Labute approximate surface area is 121 Å². The molecular weight excluding hydrogens is 282 g/mol. The second kappa shape index (κ2) is 6.28. The van der Waals surface area contributed by atoms with Crippen molar-refractivity contribution in [1.29, 1.82) is 0 Å². The van der Waals surface area contributed by atoms with E-state index in [0.29, 0.717) is 6.61 Å². The van der Waals surface area contributed by atoms with Gasteiger partial charge in [0.2, 0.25) is 5.92 Å². The van der Waals surface area contributed by atoms with Crippen LogP contribution in [0.25, 0.3) is 0 Å². The molecular formula is C15H18F2O4. The Morgan fingerprint density at radius 1 is 1.33 bits per heavy atom. The van der Waals surface area contributed by atoms with Gasteiger partial charge >= 0.3 is 5.97 Å². The third-order valence-corrected chi connectivity index (χ3v) is 3.46. The Hall–Kier alpha value is -1.85. The second-order valence-corrected chi connectivity index (χ2v) is 5.04. The number of benzene rings is 1.